The molecule has 1 aliphatic rings. The fraction of sp³-hybridized carbons (Fsp3) is 0.625. The van der Waals surface area contributed by atoms with E-state index in [1.807, 2.05) is 18.2 Å². The molecule has 1 fully saturated rings. The topological polar surface area (TPSA) is 56.5 Å². The molecule has 1 aliphatic heterocycles. The zero-order chi connectivity index (χ0) is 14.2. The summed E-state index contributed by atoms with van der Waals surface area (Å²) < 4.78 is 11.4. The van der Waals surface area contributed by atoms with Crippen molar-refractivity contribution in [3.05, 3.63) is 18.2 Å². The molecule has 20 heavy (non-hydrogen) atoms. The van der Waals surface area contributed by atoms with Crippen LogP contribution in [0.2, 0.25) is 0 Å². The quantitative estimate of drug-likeness (QED) is 0.750. The van der Waals surface area contributed by atoms with Crippen LogP contribution in [-0.2, 0) is 4.74 Å². The zero-order valence-corrected chi connectivity index (χ0v) is 12.4. The van der Waals surface area contributed by atoms with Crippen LogP contribution in [0.3, 0.4) is 0 Å². The summed E-state index contributed by atoms with van der Waals surface area (Å²) in [6.45, 7) is 4.57. The van der Waals surface area contributed by atoms with E-state index in [0.717, 1.165) is 37.4 Å². The molecular weight excluding hydrogens is 252 g/mol. The van der Waals surface area contributed by atoms with Gasteiger partial charge in [-0.3, -0.25) is 0 Å². The fourth-order valence-electron chi connectivity index (χ4n) is 2.44. The highest BCUT2D eigenvalue weighted by Gasteiger charge is 2.13. The van der Waals surface area contributed by atoms with E-state index in [4.69, 9.17) is 15.2 Å². The summed E-state index contributed by atoms with van der Waals surface area (Å²) in [5.74, 6) is 0.769. The van der Waals surface area contributed by atoms with Crippen LogP contribution in [0.1, 0.15) is 39.0 Å². The number of hydrogen-bond acceptors (Lipinski definition) is 4. The number of rotatable bonds is 7. The first kappa shape index (κ1) is 15.0. The van der Waals surface area contributed by atoms with Crippen molar-refractivity contribution < 1.29 is 9.47 Å². The molecular formula is C16H26N2O2. The molecule has 0 amide bonds. The highest BCUT2D eigenvalue weighted by atomic mass is 16.5. The lowest BCUT2D eigenvalue weighted by molar-refractivity contribution is 0.0134. The van der Waals surface area contributed by atoms with Gasteiger partial charge in [-0.05, 0) is 44.2 Å². The first-order valence-electron chi connectivity index (χ1n) is 7.68. The molecule has 4 heteroatoms. The lowest BCUT2D eigenvalue weighted by atomic mass is 10.1. The second-order valence-electron chi connectivity index (χ2n) is 5.27. The second kappa shape index (κ2) is 8.00. The van der Waals surface area contributed by atoms with Gasteiger partial charge in [-0.2, -0.15) is 0 Å². The third-order valence-corrected chi connectivity index (χ3v) is 3.58. The van der Waals surface area contributed by atoms with Crippen LogP contribution in [0.5, 0.6) is 5.75 Å². The van der Waals surface area contributed by atoms with Gasteiger partial charge in [0.15, 0.2) is 0 Å². The van der Waals surface area contributed by atoms with E-state index < -0.39 is 0 Å². The molecule has 1 aromatic carbocycles. The van der Waals surface area contributed by atoms with Crippen molar-refractivity contribution in [3.63, 3.8) is 0 Å². The van der Waals surface area contributed by atoms with Gasteiger partial charge < -0.3 is 20.5 Å². The maximum atomic E-state index is 6.12. The molecule has 112 valence electrons. The van der Waals surface area contributed by atoms with Gasteiger partial charge in [0.2, 0.25) is 0 Å². The van der Waals surface area contributed by atoms with E-state index in [1.54, 1.807) is 0 Å². The van der Waals surface area contributed by atoms with E-state index in [2.05, 4.69) is 12.2 Å². The number of para-hydroxylation sites is 1. The Kier molecular flexibility index (Phi) is 5.99. The maximum Gasteiger partial charge on any atom is 0.144 e. The van der Waals surface area contributed by atoms with E-state index in [9.17, 15) is 0 Å². The third kappa shape index (κ3) is 4.30. The van der Waals surface area contributed by atoms with Crippen molar-refractivity contribution in [2.24, 2.45) is 0 Å². The maximum absolute atomic E-state index is 6.12. The largest absolute Gasteiger partial charge is 0.491 e. The molecule has 4 nitrogen and oxygen atoms in total. The van der Waals surface area contributed by atoms with Crippen LogP contribution < -0.4 is 15.8 Å². The van der Waals surface area contributed by atoms with Crippen LogP contribution >= 0.6 is 0 Å². The standard InChI is InChI=1S/C16H26N2O2/c1-2-11-20-15-8-5-7-14(16(15)17)18-10-9-13-6-3-4-12-19-13/h5,7-8,13,18H,2-4,6,9-12,17H2,1H3. The number of ether oxygens (including phenoxy) is 2. The Morgan fingerprint density at radius 1 is 1.40 bits per heavy atom. The average molecular weight is 278 g/mol. The first-order valence-corrected chi connectivity index (χ1v) is 7.68. The fourth-order valence-corrected chi connectivity index (χ4v) is 2.44. The molecule has 1 aromatic rings. The number of benzene rings is 1. The predicted molar refractivity (Wildman–Crippen MR) is 83.3 cm³/mol. The minimum Gasteiger partial charge on any atom is -0.491 e. The van der Waals surface area contributed by atoms with Gasteiger partial charge in [-0.25, -0.2) is 0 Å². The highest BCUT2D eigenvalue weighted by Crippen LogP contribution is 2.29. The SMILES string of the molecule is CCCOc1cccc(NCCC2CCCCO2)c1N. The number of hydrogen-bond donors (Lipinski definition) is 2. The van der Waals surface area contributed by atoms with Gasteiger partial charge in [-0.1, -0.05) is 13.0 Å². The summed E-state index contributed by atoms with van der Waals surface area (Å²) in [6, 6.07) is 5.89. The first-order chi connectivity index (χ1) is 9.81. The van der Waals surface area contributed by atoms with Crippen LogP contribution in [-0.4, -0.2) is 25.9 Å². The smallest absolute Gasteiger partial charge is 0.144 e. The number of nitrogen functional groups attached to an aromatic ring is 1. The van der Waals surface area contributed by atoms with E-state index in [0.29, 0.717) is 18.4 Å². The molecule has 0 radical (unpaired) electrons. The molecule has 0 aromatic heterocycles. The molecule has 1 saturated heterocycles. The number of nitrogens with two attached hydrogens (primary N) is 1. The summed E-state index contributed by atoms with van der Waals surface area (Å²) >= 11 is 0. The van der Waals surface area contributed by atoms with Crippen molar-refractivity contribution >= 4 is 11.4 Å². The second-order valence-corrected chi connectivity index (χ2v) is 5.27. The van der Waals surface area contributed by atoms with Gasteiger partial charge in [-0.15, -0.1) is 0 Å². The minimum absolute atomic E-state index is 0.400. The van der Waals surface area contributed by atoms with Gasteiger partial charge in [0.1, 0.15) is 5.75 Å². The molecule has 0 aliphatic carbocycles. The summed E-state index contributed by atoms with van der Waals surface area (Å²) in [4.78, 5) is 0. The molecule has 3 N–H and O–H groups in total. The van der Waals surface area contributed by atoms with Crippen molar-refractivity contribution in [1.82, 2.24) is 0 Å². The van der Waals surface area contributed by atoms with Crippen molar-refractivity contribution in [2.75, 3.05) is 30.8 Å². The lowest BCUT2D eigenvalue weighted by Crippen LogP contribution is -2.22. The monoisotopic (exact) mass is 278 g/mol. The Hall–Kier alpha value is -1.42. The molecule has 0 spiro atoms. The van der Waals surface area contributed by atoms with E-state index >= 15 is 0 Å². The molecule has 1 heterocycles. The number of anilines is 2. The van der Waals surface area contributed by atoms with Crippen molar-refractivity contribution in [3.8, 4) is 5.75 Å². The Bertz CT molecular complexity index is 403. The van der Waals surface area contributed by atoms with Gasteiger partial charge in [0, 0.05) is 13.2 Å². The Balaban J connectivity index is 1.82. The summed E-state index contributed by atoms with van der Waals surface area (Å²) in [7, 11) is 0. The van der Waals surface area contributed by atoms with Gasteiger partial charge in [0.25, 0.3) is 0 Å². The van der Waals surface area contributed by atoms with Crippen LogP contribution in [0.4, 0.5) is 11.4 Å². The van der Waals surface area contributed by atoms with Crippen molar-refractivity contribution in [1.29, 1.82) is 0 Å². The Morgan fingerprint density at radius 3 is 3.05 bits per heavy atom. The third-order valence-electron chi connectivity index (χ3n) is 3.58. The predicted octanol–water partition coefficient (Wildman–Crippen LogP) is 3.43. The van der Waals surface area contributed by atoms with Crippen LogP contribution in [0.15, 0.2) is 18.2 Å². The zero-order valence-electron chi connectivity index (χ0n) is 12.4. The Morgan fingerprint density at radius 2 is 2.30 bits per heavy atom. The average Bonchev–Trinajstić information content (AvgIpc) is 2.49. The molecule has 1 unspecified atom stereocenters. The van der Waals surface area contributed by atoms with E-state index in [-0.39, 0.29) is 0 Å². The number of nitrogens with one attached hydrogen (secondary N) is 1. The van der Waals surface area contributed by atoms with Crippen LogP contribution in [0, 0.1) is 0 Å². The summed E-state index contributed by atoms with van der Waals surface area (Å²) in [6.07, 6.45) is 6.07. The lowest BCUT2D eigenvalue weighted by Gasteiger charge is -2.23. The summed E-state index contributed by atoms with van der Waals surface area (Å²) in [5, 5.41) is 3.39. The molecule has 1 atom stereocenters. The van der Waals surface area contributed by atoms with Crippen molar-refractivity contribution in [2.45, 2.75) is 45.1 Å². The summed E-state index contributed by atoms with van der Waals surface area (Å²) in [5.41, 5.74) is 7.78. The normalized spacial score (nSPS) is 18.8. The minimum atomic E-state index is 0.400. The molecule has 2 rings (SSSR count). The Labute approximate surface area is 121 Å². The molecule has 0 bridgehead atoms. The van der Waals surface area contributed by atoms with E-state index in [1.165, 1.54) is 19.3 Å². The van der Waals surface area contributed by atoms with Gasteiger partial charge in [0.05, 0.1) is 24.1 Å². The highest BCUT2D eigenvalue weighted by molar-refractivity contribution is 5.72. The van der Waals surface area contributed by atoms with Crippen LogP contribution in [0.25, 0.3) is 0 Å². The molecule has 0 saturated carbocycles. The van der Waals surface area contributed by atoms with Gasteiger partial charge >= 0.3 is 0 Å².